The molecule has 4 rings (SSSR count). The number of carbonyl (C=O) groups excluding carboxylic acids is 1. The summed E-state index contributed by atoms with van der Waals surface area (Å²) in [6, 6.07) is 28.4. The van der Waals surface area contributed by atoms with Crippen molar-refractivity contribution in [1.82, 2.24) is 5.32 Å². The molecule has 0 aliphatic heterocycles. The van der Waals surface area contributed by atoms with Crippen LogP contribution in [-0.2, 0) is 27.9 Å². The van der Waals surface area contributed by atoms with Crippen LogP contribution in [0.5, 0.6) is 5.75 Å². The highest BCUT2D eigenvalue weighted by molar-refractivity contribution is 7.92. The fourth-order valence-electron chi connectivity index (χ4n) is 3.72. The normalized spacial score (nSPS) is 11.1. The molecule has 0 bridgehead atoms. The van der Waals surface area contributed by atoms with E-state index < -0.39 is 10.0 Å². The molecule has 0 saturated heterocycles. The molecule has 0 atom stereocenters. The zero-order valence-electron chi connectivity index (χ0n) is 21.2. The van der Waals surface area contributed by atoms with Crippen molar-refractivity contribution in [3.8, 4) is 5.75 Å². The van der Waals surface area contributed by atoms with Gasteiger partial charge in [-0.2, -0.15) is 0 Å². The summed E-state index contributed by atoms with van der Waals surface area (Å²) >= 11 is 6.02. The minimum Gasteiger partial charge on any atom is -0.484 e. The molecule has 6 nitrogen and oxygen atoms in total. The molecule has 38 heavy (non-hydrogen) atoms. The zero-order chi connectivity index (χ0) is 27.1. The molecule has 8 heteroatoms. The maximum absolute atomic E-state index is 13.6. The Morgan fingerprint density at radius 1 is 0.789 bits per heavy atom. The first kappa shape index (κ1) is 27.2. The minimum absolute atomic E-state index is 0.120. The Labute approximate surface area is 228 Å². The van der Waals surface area contributed by atoms with Gasteiger partial charge in [0.15, 0.2) is 6.61 Å². The van der Waals surface area contributed by atoms with E-state index >= 15 is 0 Å². The van der Waals surface area contributed by atoms with Gasteiger partial charge in [0.05, 0.1) is 17.1 Å². The molecule has 0 fully saturated rings. The molecule has 1 amide bonds. The third-order valence-corrected chi connectivity index (χ3v) is 7.99. The maximum Gasteiger partial charge on any atom is 0.264 e. The third kappa shape index (κ3) is 7.15. The van der Waals surface area contributed by atoms with Crippen LogP contribution in [0.25, 0.3) is 0 Å². The molecule has 0 saturated carbocycles. The average Bonchev–Trinajstić information content (AvgIpc) is 2.92. The van der Waals surface area contributed by atoms with Crippen LogP contribution in [-0.4, -0.2) is 20.9 Å². The Kier molecular flexibility index (Phi) is 8.71. The monoisotopic (exact) mass is 548 g/mol. The molecule has 0 spiro atoms. The van der Waals surface area contributed by atoms with E-state index in [2.05, 4.69) is 5.32 Å². The number of anilines is 1. The summed E-state index contributed by atoms with van der Waals surface area (Å²) in [5.74, 6) is 0.208. The predicted octanol–water partition coefficient (Wildman–Crippen LogP) is 6.05. The summed E-state index contributed by atoms with van der Waals surface area (Å²) in [7, 11) is -3.86. The van der Waals surface area contributed by atoms with Gasteiger partial charge in [-0.3, -0.25) is 9.10 Å². The van der Waals surface area contributed by atoms with Crippen LogP contribution in [0, 0.1) is 13.8 Å². The Morgan fingerprint density at radius 3 is 1.95 bits per heavy atom. The lowest BCUT2D eigenvalue weighted by molar-refractivity contribution is -0.123. The Bertz CT molecular complexity index is 1470. The summed E-state index contributed by atoms with van der Waals surface area (Å²) in [6.45, 7) is 4.30. The van der Waals surface area contributed by atoms with Crippen molar-refractivity contribution in [2.24, 2.45) is 0 Å². The molecule has 0 radical (unpaired) electrons. The molecule has 1 N–H and O–H groups in total. The van der Waals surface area contributed by atoms with Crippen molar-refractivity contribution in [3.05, 3.63) is 124 Å². The fourth-order valence-corrected chi connectivity index (χ4v) is 5.30. The van der Waals surface area contributed by atoms with Gasteiger partial charge in [-0.25, -0.2) is 8.42 Å². The second-order valence-electron chi connectivity index (χ2n) is 9.00. The van der Waals surface area contributed by atoms with Crippen molar-refractivity contribution >= 4 is 33.2 Å². The number of nitrogens with one attached hydrogen (secondary N) is 1. The van der Waals surface area contributed by atoms with Crippen molar-refractivity contribution in [2.45, 2.75) is 31.8 Å². The molecule has 0 aliphatic carbocycles. The first-order valence-corrected chi connectivity index (χ1v) is 13.9. The van der Waals surface area contributed by atoms with Gasteiger partial charge in [-0.05, 0) is 73.5 Å². The van der Waals surface area contributed by atoms with Gasteiger partial charge >= 0.3 is 0 Å². The fraction of sp³-hybridized carbons (Fsp3) is 0.167. The second kappa shape index (κ2) is 12.2. The smallest absolute Gasteiger partial charge is 0.264 e. The van der Waals surface area contributed by atoms with Crippen molar-refractivity contribution in [2.75, 3.05) is 10.9 Å². The number of carbonyl (C=O) groups is 1. The first-order chi connectivity index (χ1) is 18.2. The summed E-state index contributed by atoms with van der Waals surface area (Å²) < 4.78 is 34.3. The predicted molar refractivity (Wildman–Crippen MR) is 151 cm³/mol. The van der Waals surface area contributed by atoms with Gasteiger partial charge in [0, 0.05) is 11.6 Å². The summed E-state index contributed by atoms with van der Waals surface area (Å²) in [5.41, 5.74) is 4.39. The van der Waals surface area contributed by atoms with Crippen LogP contribution >= 0.6 is 11.6 Å². The van der Waals surface area contributed by atoms with E-state index in [9.17, 15) is 13.2 Å². The molecular weight excluding hydrogens is 520 g/mol. The highest BCUT2D eigenvalue weighted by Gasteiger charge is 2.25. The van der Waals surface area contributed by atoms with Crippen LogP contribution in [0.4, 0.5) is 5.69 Å². The van der Waals surface area contributed by atoms with E-state index in [0.717, 1.165) is 22.3 Å². The second-order valence-corrected chi connectivity index (χ2v) is 11.3. The van der Waals surface area contributed by atoms with Gasteiger partial charge in [0.2, 0.25) is 0 Å². The molecule has 0 aliphatic rings. The lowest BCUT2D eigenvalue weighted by Crippen LogP contribution is -2.30. The number of benzene rings is 4. The summed E-state index contributed by atoms with van der Waals surface area (Å²) in [6.07, 6.45) is 0. The van der Waals surface area contributed by atoms with Crippen LogP contribution in [0.1, 0.15) is 22.3 Å². The lowest BCUT2D eigenvalue weighted by atomic mass is 10.1. The van der Waals surface area contributed by atoms with Gasteiger partial charge in [-0.1, -0.05) is 71.3 Å². The topological polar surface area (TPSA) is 75.7 Å². The summed E-state index contributed by atoms with van der Waals surface area (Å²) in [5, 5.41) is 3.41. The minimum atomic E-state index is -3.86. The van der Waals surface area contributed by atoms with Crippen LogP contribution in [0.15, 0.2) is 102 Å². The maximum atomic E-state index is 13.6. The average molecular weight is 549 g/mol. The number of hydrogen-bond donors (Lipinski definition) is 1. The quantitative estimate of drug-likeness (QED) is 0.262. The van der Waals surface area contributed by atoms with Crippen molar-refractivity contribution in [3.63, 3.8) is 0 Å². The Hall–Kier alpha value is -3.81. The number of rotatable bonds is 10. The SMILES string of the molecule is Cc1ccc(CNC(=O)COc2ccc(N(Cc3ccc(Cl)cc3)S(=O)(=O)c3ccc(C)cc3)cc2)cc1. The number of ether oxygens (including phenoxy) is 1. The van der Waals surface area contributed by atoms with Crippen molar-refractivity contribution < 1.29 is 17.9 Å². The number of sulfonamides is 1. The third-order valence-electron chi connectivity index (χ3n) is 5.95. The number of nitrogens with zero attached hydrogens (tertiary/aromatic N) is 1. The highest BCUT2D eigenvalue weighted by atomic mass is 35.5. The van der Waals surface area contributed by atoms with Crippen LogP contribution in [0.3, 0.4) is 0 Å². The Morgan fingerprint density at radius 2 is 1.34 bits per heavy atom. The van der Waals surface area contributed by atoms with Crippen LogP contribution < -0.4 is 14.4 Å². The van der Waals surface area contributed by atoms with Crippen molar-refractivity contribution in [1.29, 1.82) is 0 Å². The molecule has 196 valence electrons. The standard InChI is InChI=1S/C30H29ClN2O4S/c1-22-3-7-24(8-4-22)19-32-30(34)21-37-28-15-13-27(14-16-28)33(20-25-9-11-26(31)12-10-25)38(35,36)29-17-5-23(2)6-18-29/h3-18H,19-21H2,1-2H3,(H,32,34). The van der Waals surface area contributed by atoms with E-state index in [-0.39, 0.29) is 24.0 Å². The molecule has 0 aromatic heterocycles. The van der Waals surface area contributed by atoms with E-state index in [0.29, 0.717) is 23.0 Å². The van der Waals surface area contributed by atoms with E-state index in [1.807, 2.05) is 38.1 Å². The number of amides is 1. The molecule has 0 unspecified atom stereocenters. The molecular formula is C30H29ClN2O4S. The van der Waals surface area contributed by atoms with Gasteiger partial charge in [0.25, 0.3) is 15.9 Å². The van der Waals surface area contributed by atoms with E-state index in [1.54, 1.807) is 72.8 Å². The number of aryl methyl sites for hydroxylation is 2. The molecule has 4 aromatic carbocycles. The van der Waals surface area contributed by atoms with E-state index in [1.165, 1.54) is 4.31 Å². The first-order valence-electron chi connectivity index (χ1n) is 12.1. The molecule has 4 aromatic rings. The van der Waals surface area contributed by atoms with Gasteiger partial charge < -0.3 is 10.1 Å². The van der Waals surface area contributed by atoms with E-state index in [4.69, 9.17) is 16.3 Å². The molecule has 0 heterocycles. The zero-order valence-corrected chi connectivity index (χ0v) is 22.8. The van der Waals surface area contributed by atoms with Crippen LogP contribution in [0.2, 0.25) is 5.02 Å². The largest absolute Gasteiger partial charge is 0.484 e. The van der Waals surface area contributed by atoms with Gasteiger partial charge in [-0.15, -0.1) is 0 Å². The number of halogens is 1. The highest BCUT2D eigenvalue weighted by Crippen LogP contribution is 2.28. The Balaban J connectivity index is 1.47. The lowest BCUT2D eigenvalue weighted by Gasteiger charge is -2.25. The van der Waals surface area contributed by atoms with Gasteiger partial charge in [0.1, 0.15) is 5.75 Å². The number of hydrogen-bond acceptors (Lipinski definition) is 4. The summed E-state index contributed by atoms with van der Waals surface area (Å²) in [4.78, 5) is 12.4.